The molecule has 0 fully saturated rings. The summed E-state index contributed by atoms with van der Waals surface area (Å²) in [5.41, 5.74) is -0.243. The molecule has 3 rings (SSSR count). The highest BCUT2D eigenvalue weighted by Gasteiger charge is 2.32. The number of amides is 1. The fourth-order valence-electron chi connectivity index (χ4n) is 3.02. The average Bonchev–Trinajstić information content (AvgIpc) is 3.20. The lowest BCUT2D eigenvalue weighted by molar-refractivity contribution is -0.137. The van der Waals surface area contributed by atoms with Gasteiger partial charge in [0.05, 0.1) is 11.8 Å². The minimum Gasteiger partial charge on any atom is -0.441 e. The molecule has 0 atom stereocenters. The van der Waals surface area contributed by atoms with Crippen LogP contribution in [0.5, 0.6) is 0 Å². The molecule has 0 bridgehead atoms. The first-order valence-electron chi connectivity index (χ1n) is 9.70. The number of rotatable bonds is 7. The van der Waals surface area contributed by atoms with Gasteiger partial charge in [-0.05, 0) is 35.9 Å². The number of hydrogen-bond acceptors (Lipinski definition) is 3. The Morgan fingerprint density at radius 1 is 1.06 bits per heavy atom. The maximum atomic E-state index is 13.0. The Morgan fingerprint density at radius 2 is 1.74 bits per heavy atom. The Morgan fingerprint density at radius 3 is 2.42 bits per heavy atom. The third kappa shape index (κ3) is 5.93. The van der Waals surface area contributed by atoms with Gasteiger partial charge in [-0.2, -0.15) is 13.2 Å². The fourth-order valence-corrected chi connectivity index (χ4v) is 3.02. The van der Waals surface area contributed by atoms with E-state index in [0.717, 1.165) is 12.1 Å². The van der Waals surface area contributed by atoms with Crippen molar-refractivity contribution in [1.82, 2.24) is 10.3 Å². The second kappa shape index (κ2) is 8.91. The lowest BCUT2D eigenvalue weighted by atomic mass is 9.83. The van der Waals surface area contributed by atoms with E-state index >= 15 is 0 Å². The highest BCUT2D eigenvalue weighted by Crippen LogP contribution is 2.32. The lowest BCUT2D eigenvalue weighted by Crippen LogP contribution is -2.37. The van der Waals surface area contributed by atoms with Crippen molar-refractivity contribution in [3.8, 4) is 11.3 Å². The van der Waals surface area contributed by atoms with E-state index in [-0.39, 0.29) is 31.1 Å². The molecule has 1 heterocycles. The molecule has 0 aliphatic carbocycles. The number of carbonyl (C=O) groups excluding carboxylic acids is 1. The molecule has 1 aromatic heterocycles. The molecule has 31 heavy (non-hydrogen) atoms. The Balaban J connectivity index is 1.54. The average molecular weight is 434 g/mol. The summed E-state index contributed by atoms with van der Waals surface area (Å²) in [7, 11) is 0. The van der Waals surface area contributed by atoms with Gasteiger partial charge in [-0.25, -0.2) is 9.37 Å². The van der Waals surface area contributed by atoms with Crippen molar-refractivity contribution in [3.63, 3.8) is 0 Å². The second-order valence-corrected chi connectivity index (χ2v) is 7.86. The van der Waals surface area contributed by atoms with Gasteiger partial charge < -0.3 is 9.73 Å². The molecule has 4 nitrogen and oxygen atoms in total. The molecule has 0 spiro atoms. The first kappa shape index (κ1) is 22.5. The number of nitrogens with one attached hydrogen (secondary N) is 1. The van der Waals surface area contributed by atoms with Crippen LogP contribution in [0, 0.1) is 5.82 Å². The number of hydrogen-bond donors (Lipinski definition) is 1. The summed E-state index contributed by atoms with van der Waals surface area (Å²) in [5.74, 6) is 0.225. The zero-order valence-electron chi connectivity index (χ0n) is 17.1. The smallest absolute Gasteiger partial charge is 0.416 e. The standard InChI is InChI=1S/C23H22F4N2O2/c1-22(2,16-4-3-5-17(12-16)23(25,26)27)14-29-20(30)10-11-21-28-13-19(31-21)15-6-8-18(24)9-7-15/h3-9,12-13H,10-11,14H2,1-2H3,(H,29,30). The van der Waals surface area contributed by atoms with Gasteiger partial charge in [0.1, 0.15) is 5.82 Å². The van der Waals surface area contributed by atoms with E-state index in [9.17, 15) is 22.4 Å². The monoisotopic (exact) mass is 434 g/mol. The van der Waals surface area contributed by atoms with Crippen molar-refractivity contribution in [2.75, 3.05) is 6.54 Å². The SMILES string of the molecule is CC(C)(CNC(=O)CCc1ncc(-c2ccc(F)cc2)o1)c1cccc(C(F)(F)F)c1. The summed E-state index contributed by atoms with van der Waals surface area (Å²) in [6.07, 6.45) is -2.53. The maximum Gasteiger partial charge on any atom is 0.416 e. The van der Waals surface area contributed by atoms with Crippen molar-refractivity contribution >= 4 is 5.91 Å². The molecule has 164 valence electrons. The van der Waals surface area contributed by atoms with Gasteiger partial charge in [-0.1, -0.05) is 32.0 Å². The van der Waals surface area contributed by atoms with Gasteiger partial charge >= 0.3 is 6.18 Å². The molecule has 3 aromatic rings. The van der Waals surface area contributed by atoms with Crippen molar-refractivity contribution in [2.24, 2.45) is 0 Å². The number of halogens is 4. The highest BCUT2D eigenvalue weighted by atomic mass is 19.4. The molecular formula is C23H22F4N2O2. The van der Waals surface area contributed by atoms with E-state index in [1.807, 2.05) is 0 Å². The predicted molar refractivity (Wildman–Crippen MR) is 108 cm³/mol. The van der Waals surface area contributed by atoms with Crippen LogP contribution in [-0.2, 0) is 22.8 Å². The zero-order chi connectivity index (χ0) is 22.6. The van der Waals surface area contributed by atoms with Crippen molar-refractivity contribution in [2.45, 2.75) is 38.3 Å². The van der Waals surface area contributed by atoms with Gasteiger partial charge in [0, 0.05) is 30.4 Å². The number of nitrogens with zero attached hydrogens (tertiary/aromatic N) is 1. The number of aryl methyl sites for hydroxylation is 1. The number of oxazole rings is 1. The Bertz CT molecular complexity index is 1040. The van der Waals surface area contributed by atoms with Crippen LogP contribution >= 0.6 is 0 Å². The summed E-state index contributed by atoms with van der Waals surface area (Å²) >= 11 is 0. The number of benzene rings is 2. The molecule has 1 N–H and O–H groups in total. The van der Waals surface area contributed by atoms with E-state index in [1.165, 1.54) is 24.4 Å². The Hall–Kier alpha value is -3.16. The largest absolute Gasteiger partial charge is 0.441 e. The molecule has 2 aromatic carbocycles. The predicted octanol–water partition coefficient (Wildman–Crippen LogP) is 5.53. The molecule has 1 amide bonds. The van der Waals surface area contributed by atoms with Gasteiger partial charge in [0.25, 0.3) is 0 Å². The van der Waals surface area contributed by atoms with E-state index in [0.29, 0.717) is 22.8 Å². The number of carbonyl (C=O) groups is 1. The van der Waals surface area contributed by atoms with Gasteiger partial charge in [-0.15, -0.1) is 0 Å². The van der Waals surface area contributed by atoms with Crippen molar-refractivity contribution in [1.29, 1.82) is 0 Å². The Labute approximate surface area is 177 Å². The van der Waals surface area contributed by atoms with Gasteiger partial charge in [0.15, 0.2) is 11.7 Å². The topological polar surface area (TPSA) is 55.1 Å². The van der Waals surface area contributed by atoms with Gasteiger partial charge in [-0.3, -0.25) is 4.79 Å². The van der Waals surface area contributed by atoms with Crippen LogP contribution in [0.2, 0.25) is 0 Å². The van der Waals surface area contributed by atoms with Gasteiger partial charge in [0.2, 0.25) is 5.91 Å². The third-order valence-electron chi connectivity index (χ3n) is 4.95. The minimum atomic E-state index is -4.42. The number of aromatic nitrogens is 1. The second-order valence-electron chi connectivity index (χ2n) is 7.86. The first-order valence-corrected chi connectivity index (χ1v) is 9.70. The third-order valence-corrected chi connectivity index (χ3v) is 4.95. The fraction of sp³-hybridized carbons (Fsp3) is 0.304. The number of alkyl halides is 3. The molecule has 0 saturated heterocycles. The summed E-state index contributed by atoms with van der Waals surface area (Å²) in [5, 5.41) is 2.76. The van der Waals surface area contributed by atoms with Crippen LogP contribution in [0.15, 0.2) is 59.1 Å². The lowest BCUT2D eigenvalue weighted by Gasteiger charge is -2.26. The van der Waals surface area contributed by atoms with Crippen LogP contribution in [0.3, 0.4) is 0 Å². The summed E-state index contributed by atoms with van der Waals surface area (Å²) < 4.78 is 57.5. The van der Waals surface area contributed by atoms with E-state index in [4.69, 9.17) is 4.42 Å². The molecule has 0 radical (unpaired) electrons. The summed E-state index contributed by atoms with van der Waals surface area (Å²) in [6, 6.07) is 10.9. The Kier molecular flexibility index (Phi) is 6.48. The molecule has 0 unspecified atom stereocenters. The van der Waals surface area contributed by atoms with E-state index in [2.05, 4.69) is 10.3 Å². The van der Waals surface area contributed by atoms with Crippen LogP contribution in [-0.4, -0.2) is 17.4 Å². The van der Waals surface area contributed by atoms with E-state index in [1.54, 1.807) is 32.0 Å². The highest BCUT2D eigenvalue weighted by molar-refractivity contribution is 5.76. The van der Waals surface area contributed by atoms with Crippen LogP contribution < -0.4 is 5.32 Å². The normalized spacial score (nSPS) is 12.1. The quantitative estimate of drug-likeness (QED) is 0.498. The summed E-state index contributed by atoms with van der Waals surface area (Å²) in [6.45, 7) is 3.72. The van der Waals surface area contributed by atoms with Crippen molar-refractivity contribution < 1.29 is 26.8 Å². The molecular weight excluding hydrogens is 412 g/mol. The summed E-state index contributed by atoms with van der Waals surface area (Å²) in [4.78, 5) is 16.4. The molecule has 0 saturated carbocycles. The van der Waals surface area contributed by atoms with Crippen LogP contribution in [0.4, 0.5) is 17.6 Å². The minimum absolute atomic E-state index is 0.113. The van der Waals surface area contributed by atoms with Crippen molar-refractivity contribution in [3.05, 3.63) is 77.6 Å². The first-order chi connectivity index (χ1) is 14.5. The molecule has 8 heteroatoms. The maximum absolute atomic E-state index is 13.0. The molecule has 0 aliphatic rings. The van der Waals surface area contributed by atoms with Crippen LogP contribution in [0.25, 0.3) is 11.3 Å². The van der Waals surface area contributed by atoms with E-state index < -0.39 is 17.2 Å². The molecule has 0 aliphatic heterocycles. The zero-order valence-corrected chi connectivity index (χ0v) is 17.1. The van der Waals surface area contributed by atoms with Crippen LogP contribution in [0.1, 0.15) is 37.3 Å².